The summed E-state index contributed by atoms with van der Waals surface area (Å²) in [6.07, 6.45) is 12.0. The van der Waals surface area contributed by atoms with E-state index in [4.69, 9.17) is 4.74 Å². The van der Waals surface area contributed by atoms with Crippen molar-refractivity contribution < 1.29 is 4.74 Å². The van der Waals surface area contributed by atoms with E-state index in [0.29, 0.717) is 6.10 Å². The zero-order valence-corrected chi connectivity index (χ0v) is 11.7. The van der Waals surface area contributed by atoms with Crippen LogP contribution in [-0.4, -0.2) is 12.7 Å². The van der Waals surface area contributed by atoms with E-state index >= 15 is 0 Å². The summed E-state index contributed by atoms with van der Waals surface area (Å²) >= 11 is 0. The van der Waals surface area contributed by atoms with Crippen LogP contribution in [0, 0.1) is 0 Å². The fourth-order valence-electron chi connectivity index (χ4n) is 1.93. The Morgan fingerprint density at radius 2 is 1.62 bits per heavy atom. The molecule has 0 aromatic heterocycles. The Labute approximate surface area is 102 Å². The molecule has 0 aromatic carbocycles. The van der Waals surface area contributed by atoms with E-state index in [-0.39, 0.29) is 0 Å². The Balaban J connectivity index is 3.56. The zero-order chi connectivity index (χ0) is 12.2. The molecule has 1 nitrogen and oxygen atoms in total. The standard InChI is InChI=1S/C15H30O/c1-5-7-8-9-10-11-12-15(16-6-2)13-14(3)4/h13,15H,5-12H2,1-4H3. The van der Waals surface area contributed by atoms with Gasteiger partial charge in [0.15, 0.2) is 0 Å². The minimum atomic E-state index is 0.348. The van der Waals surface area contributed by atoms with Crippen molar-refractivity contribution >= 4 is 0 Å². The first-order valence-electron chi connectivity index (χ1n) is 6.97. The third kappa shape index (κ3) is 10.2. The third-order valence-corrected chi connectivity index (χ3v) is 2.74. The van der Waals surface area contributed by atoms with Crippen LogP contribution < -0.4 is 0 Å². The van der Waals surface area contributed by atoms with Crippen molar-refractivity contribution in [2.75, 3.05) is 6.61 Å². The lowest BCUT2D eigenvalue weighted by atomic mass is 10.1. The number of ether oxygens (including phenoxy) is 1. The van der Waals surface area contributed by atoms with Gasteiger partial charge in [0, 0.05) is 6.61 Å². The SMILES string of the molecule is CCCCCCCCC(C=C(C)C)OCC. The second kappa shape index (κ2) is 11.2. The number of hydrogen-bond donors (Lipinski definition) is 0. The van der Waals surface area contributed by atoms with Crippen molar-refractivity contribution in [3.05, 3.63) is 11.6 Å². The maximum atomic E-state index is 5.70. The van der Waals surface area contributed by atoms with Gasteiger partial charge in [-0.25, -0.2) is 0 Å². The molecule has 0 aliphatic rings. The first-order chi connectivity index (χ1) is 7.70. The van der Waals surface area contributed by atoms with Crippen molar-refractivity contribution in [1.82, 2.24) is 0 Å². The highest BCUT2D eigenvalue weighted by atomic mass is 16.5. The van der Waals surface area contributed by atoms with Crippen molar-refractivity contribution in [2.24, 2.45) is 0 Å². The van der Waals surface area contributed by atoms with Gasteiger partial charge in [0.25, 0.3) is 0 Å². The lowest BCUT2D eigenvalue weighted by Gasteiger charge is -2.13. The fourth-order valence-corrected chi connectivity index (χ4v) is 1.93. The van der Waals surface area contributed by atoms with E-state index in [1.807, 2.05) is 0 Å². The summed E-state index contributed by atoms with van der Waals surface area (Å²) in [5.41, 5.74) is 1.37. The maximum absolute atomic E-state index is 5.70. The number of rotatable bonds is 10. The topological polar surface area (TPSA) is 9.23 Å². The predicted octanol–water partition coefficient (Wildman–Crippen LogP) is 5.11. The minimum Gasteiger partial charge on any atom is -0.374 e. The molecule has 96 valence electrons. The van der Waals surface area contributed by atoms with Gasteiger partial charge in [-0.15, -0.1) is 0 Å². The Morgan fingerprint density at radius 1 is 1.00 bits per heavy atom. The van der Waals surface area contributed by atoms with Crippen molar-refractivity contribution in [2.45, 2.75) is 78.7 Å². The average molecular weight is 226 g/mol. The Morgan fingerprint density at radius 3 is 2.19 bits per heavy atom. The second-order valence-electron chi connectivity index (χ2n) is 4.79. The van der Waals surface area contributed by atoms with Crippen molar-refractivity contribution in [1.29, 1.82) is 0 Å². The van der Waals surface area contributed by atoms with Gasteiger partial charge in [-0.3, -0.25) is 0 Å². The van der Waals surface area contributed by atoms with Crippen LogP contribution in [0.3, 0.4) is 0 Å². The lowest BCUT2D eigenvalue weighted by Crippen LogP contribution is -2.10. The first kappa shape index (κ1) is 15.7. The van der Waals surface area contributed by atoms with Crippen LogP contribution in [-0.2, 0) is 4.74 Å². The summed E-state index contributed by atoms with van der Waals surface area (Å²) in [6.45, 7) is 9.46. The van der Waals surface area contributed by atoms with Gasteiger partial charge in [0.1, 0.15) is 0 Å². The molecule has 0 aliphatic carbocycles. The molecule has 0 saturated carbocycles. The quantitative estimate of drug-likeness (QED) is 0.371. The van der Waals surface area contributed by atoms with Crippen LogP contribution in [0.4, 0.5) is 0 Å². The molecule has 1 heteroatoms. The number of unbranched alkanes of at least 4 members (excludes halogenated alkanes) is 5. The molecule has 0 aliphatic heterocycles. The van der Waals surface area contributed by atoms with Crippen molar-refractivity contribution in [3.8, 4) is 0 Å². The molecule has 1 atom stereocenters. The van der Waals surface area contributed by atoms with E-state index in [1.54, 1.807) is 0 Å². The molecule has 16 heavy (non-hydrogen) atoms. The monoisotopic (exact) mass is 226 g/mol. The van der Waals surface area contributed by atoms with E-state index in [9.17, 15) is 0 Å². The minimum absolute atomic E-state index is 0.348. The van der Waals surface area contributed by atoms with Crippen LogP contribution in [0.25, 0.3) is 0 Å². The highest BCUT2D eigenvalue weighted by Crippen LogP contribution is 2.12. The van der Waals surface area contributed by atoms with Gasteiger partial charge in [-0.2, -0.15) is 0 Å². The van der Waals surface area contributed by atoms with Crippen LogP contribution in [0.1, 0.15) is 72.6 Å². The molecule has 0 saturated heterocycles. The fraction of sp³-hybridized carbons (Fsp3) is 0.867. The molecule has 0 rings (SSSR count). The van der Waals surface area contributed by atoms with Crippen LogP contribution in [0.2, 0.25) is 0 Å². The number of allylic oxidation sites excluding steroid dienone is 1. The van der Waals surface area contributed by atoms with Crippen LogP contribution >= 0.6 is 0 Å². The van der Waals surface area contributed by atoms with E-state index in [2.05, 4.69) is 33.8 Å². The molecule has 0 fully saturated rings. The van der Waals surface area contributed by atoms with Gasteiger partial charge >= 0.3 is 0 Å². The highest BCUT2D eigenvalue weighted by molar-refractivity contribution is 4.98. The lowest BCUT2D eigenvalue weighted by molar-refractivity contribution is 0.0877. The molecule has 1 unspecified atom stereocenters. The maximum Gasteiger partial charge on any atom is 0.0758 e. The average Bonchev–Trinajstić information content (AvgIpc) is 2.22. The van der Waals surface area contributed by atoms with E-state index in [1.165, 1.54) is 50.5 Å². The second-order valence-corrected chi connectivity index (χ2v) is 4.79. The Hall–Kier alpha value is -0.300. The molecule has 0 heterocycles. The van der Waals surface area contributed by atoms with Gasteiger partial charge < -0.3 is 4.74 Å². The molecule has 0 spiro atoms. The van der Waals surface area contributed by atoms with Crippen LogP contribution in [0.15, 0.2) is 11.6 Å². The molecular formula is C15H30O. The summed E-state index contributed by atoms with van der Waals surface area (Å²) in [7, 11) is 0. The molecule has 0 N–H and O–H groups in total. The van der Waals surface area contributed by atoms with Gasteiger partial charge in [0.05, 0.1) is 6.10 Å². The number of hydrogen-bond acceptors (Lipinski definition) is 1. The molecular weight excluding hydrogens is 196 g/mol. The normalized spacial score (nSPS) is 12.5. The summed E-state index contributed by atoms with van der Waals surface area (Å²) in [4.78, 5) is 0. The molecule has 0 amide bonds. The van der Waals surface area contributed by atoms with Crippen molar-refractivity contribution in [3.63, 3.8) is 0 Å². The zero-order valence-electron chi connectivity index (χ0n) is 11.7. The summed E-state index contributed by atoms with van der Waals surface area (Å²) in [6, 6.07) is 0. The molecule has 0 radical (unpaired) electrons. The van der Waals surface area contributed by atoms with E-state index in [0.717, 1.165) is 6.61 Å². The molecule has 0 bridgehead atoms. The van der Waals surface area contributed by atoms with Gasteiger partial charge in [-0.05, 0) is 27.2 Å². The predicted molar refractivity (Wildman–Crippen MR) is 72.8 cm³/mol. The largest absolute Gasteiger partial charge is 0.374 e. The first-order valence-corrected chi connectivity index (χ1v) is 6.97. The Kier molecular flexibility index (Phi) is 11.0. The molecule has 0 aromatic rings. The third-order valence-electron chi connectivity index (χ3n) is 2.74. The Bertz CT molecular complexity index is 168. The summed E-state index contributed by atoms with van der Waals surface area (Å²) in [5.74, 6) is 0. The summed E-state index contributed by atoms with van der Waals surface area (Å²) < 4.78 is 5.70. The van der Waals surface area contributed by atoms with Gasteiger partial charge in [0.2, 0.25) is 0 Å². The van der Waals surface area contributed by atoms with Gasteiger partial charge in [-0.1, -0.05) is 57.1 Å². The smallest absolute Gasteiger partial charge is 0.0758 e. The van der Waals surface area contributed by atoms with E-state index < -0.39 is 0 Å². The highest BCUT2D eigenvalue weighted by Gasteiger charge is 2.04. The van der Waals surface area contributed by atoms with Crippen LogP contribution in [0.5, 0.6) is 0 Å². The summed E-state index contributed by atoms with van der Waals surface area (Å²) in [5, 5.41) is 0.